The second-order valence-corrected chi connectivity index (χ2v) is 7.80. The number of carbonyl (C=O) groups excluding carboxylic acids is 4. The first-order chi connectivity index (χ1) is 15.8. The number of carboxylic acids is 1. The third-order valence-electron chi connectivity index (χ3n) is 4.48. The van der Waals surface area contributed by atoms with Gasteiger partial charge in [0.05, 0.1) is 12.1 Å². The summed E-state index contributed by atoms with van der Waals surface area (Å²) < 4.78 is 0. The third kappa shape index (κ3) is 12.2. The van der Waals surface area contributed by atoms with E-state index in [-0.39, 0.29) is 37.5 Å². The van der Waals surface area contributed by atoms with Crippen LogP contribution in [-0.2, 0) is 24.0 Å². The molecule has 0 saturated heterocycles. The van der Waals surface area contributed by atoms with Crippen molar-refractivity contribution in [3.63, 3.8) is 0 Å². The summed E-state index contributed by atoms with van der Waals surface area (Å²) in [7, 11) is 0. The van der Waals surface area contributed by atoms with Crippen LogP contribution in [0.5, 0.6) is 0 Å². The molecule has 0 spiro atoms. The van der Waals surface area contributed by atoms with E-state index in [2.05, 4.69) is 33.6 Å². The maximum atomic E-state index is 12.6. The van der Waals surface area contributed by atoms with E-state index >= 15 is 0 Å². The van der Waals surface area contributed by atoms with Crippen LogP contribution in [0.15, 0.2) is 4.99 Å². The summed E-state index contributed by atoms with van der Waals surface area (Å²) >= 11 is 4.01. The zero-order valence-corrected chi connectivity index (χ0v) is 19.7. The molecule has 34 heavy (non-hydrogen) atoms. The van der Waals surface area contributed by atoms with Crippen molar-refractivity contribution in [2.45, 2.75) is 62.9 Å². The Morgan fingerprint density at radius 3 is 2.00 bits per heavy atom. The predicted molar refractivity (Wildman–Crippen MR) is 125 cm³/mol. The van der Waals surface area contributed by atoms with Gasteiger partial charge in [-0.1, -0.05) is 0 Å². The molecule has 0 rings (SSSR count). The number of hydrogen-bond acceptors (Lipinski definition) is 9. The van der Waals surface area contributed by atoms with Gasteiger partial charge in [0.1, 0.15) is 18.1 Å². The standard InChI is InChI=1S/C18H34N8O7S/c1-8(27)13(16(31)24-10(17(32)33)4-5-12(20)28)26-15(30)11(7-34)25-14(29)9(19)3-2-6-23-18(21)22/h8-11,13,27,34H,2-7,19H2,1H3,(H2,20,28)(H,24,31)(H,25,29)(H,26,30)(H,32,33)(H4,21,22,23). The number of carboxylic acid groups (broad SMARTS) is 1. The monoisotopic (exact) mass is 506 g/mol. The van der Waals surface area contributed by atoms with Crippen LogP contribution in [0.4, 0.5) is 0 Å². The van der Waals surface area contributed by atoms with Crippen LogP contribution in [0.3, 0.4) is 0 Å². The van der Waals surface area contributed by atoms with E-state index in [1.165, 1.54) is 6.92 Å². The minimum absolute atomic E-state index is 0.0934. The number of guanidine groups is 1. The lowest BCUT2D eigenvalue weighted by Crippen LogP contribution is -2.60. The highest BCUT2D eigenvalue weighted by Crippen LogP contribution is 2.03. The van der Waals surface area contributed by atoms with Crippen molar-refractivity contribution < 1.29 is 34.2 Å². The van der Waals surface area contributed by atoms with E-state index in [4.69, 9.17) is 22.9 Å². The largest absolute Gasteiger partial charge is 0.480 e. The number of rotatable bonds is 16. The van der Waals surface area contributed by atoms with E-state index in [1.807, 2.05) is 0 Å². The van der Waals surface area contributed by atoms with Crippen molar-refractivity contribution in [3.8, 4) is 0 Å². The summed E-state index contributed by atoms with van der Waals surface area (Å²) in [6.07, 6.45) is -1.38. The summed E-state index contributed by atoms with van der Waals surface area (Å²) in [5, 5.41) is 25.9. The molecule has 13 N–H and O–H groups in total. The predicted octanol–water partition coefficient (Wildman–Crippen LogP) is -4.52. The van der Waals surface area contributed by atoms with E-state index in [9.17, 15) is 34.2 Å². The van der Waals surface area contributed by atoms with Crippen molar-refractivity contribution >= 4 is 48.2 Å². The van der Waals surface area contributed by atoms with Gasteiger partial charge in [0.25, 0.3) is 0 Å². The molecule has 0 aliphatic heterocycles. The van der Waals surface area contributed by atoms with E-state index < -0.39 is 59.9 Å². The summed E-state index contributed by atoms with van der Waals surface area (Å²) in [4.78, 5) is 63.4. The van der Waals surface area contributed by atoms with Gasteiger partial charge in [-0.2, -0.15) is 12.6 Å². The molecule has 0 aliphatic carbocycles. The average Bonchev–Trinajstić information content (AvgIpc) is 2.74. The lowest BCUT2D eigenvalue weighted by atomic mass is 10.1. The Balaban J connectivity index is 5.07. The normalized spacial score (nSPS) is 15.1. The summed E-state index contributed by atoms with van der Waals surface area (Å²) in [6.45, 7) is 1.46. The van der Waals surface area contributed by atoms with Crippen LogP contribution < -0.4 is 38.9 Å². The molecular formula is C18H34N8O7S. The Morgan fingerprint density at radius 1 is 0.941 bits per heavy atom. The highest BCUT2D eigenvalue weighted by molar-refractivity contribution is 7.80. The van der Waals surface area contributed by atoms with Crippen molar-refractivity contribution in [2.75, 3.05) is 12.3 Å². The van der Waals surface area contributed by atoms with Crippen LogP contribution in [0, 0.1) is 0 Å². The Labute approximate surface area is 201 Å². The minimum atomic E-state index is -1.56. The van der Waals surface area contributed by atoms with Crippen molar-refractivity contribution in [1.82, 2.24) is 16.0 Å². The molecule has 16 heteroatoms. The number of aliphatic imine (C=N–C) groups is 1. The highest BCUT2D eigenvalue weighted by Gasteiger charge is 2.32. The van der Waals surface area contributed by atoms with Crippen LogP contribution in [0.1, 0.15) is 32.6 Å². The Morgan fingerprint density at radius 2 is 1.53 bits per heavy atom. The summed E-state index contributed by atoms with van der Waals surface area (Å²) in [6, 6.07) is -5.22. The van der Waals surface area contributed by atoms with Crippen LogP contribution in [0.25, 0.3) is 0 Å². The van der Waals surface area contributed by atoms with Gasteiger partial charge in [-0.15, -0.1) is 0 Å². The second kappa shape index (κ2) is 15.7. The van der Waals surface area contributed by atoms with Gasteiger partial charge < -0.3 is 49.1 Å². The van der Waals surface area contributed by atoms with E-state index in [1.54, 1.807) is 0 Å². The van der Waals surface area contributed by atoms with Crippen molar-refractivity contribution in [1.29, 1.82) is 0 Å². The number of nitrogens with two attached hydrogens (primary N) is 4. The molecule has 0 aromatic rings. The Hall–Kier alpha value is -3.11. The topological polar surface area (TPSA) is 278 Å². The van der Waals surface area contributed by atoms with Crippen LogP contribution >= 0.6 is 12.6 Å². The number of aliphatic hydroxyl groups is 1. The molecule has 0 radical (unpaired) electrons. The number of hydrogen-bond donors (Lipinski definition) is 10. The third-order valence-corrected chi connectivity index (χ3v) is 4.84. The zero-order valence-electron chi connectivity index (χ0n) is 18.8. The highest BCUT2D eigenvalue weighted by atomic mass is 32.1. The molecular weight excluding hydrogens is 472 g/mol. The van der Waals surface area contributed by atoms with Gasteiger partial charge in [0, 0.05) is 18.7 Å². The first-order valence-electron chi connectivity index (χ1n) is 10.3. The second-order valence-electron chi connectivity index (χ2n) is 7.43. The zero-order chi connectivity index (χ0) is 26.4. The molecule has 4 amide bonds. The molecule has 0 saturated carbocycles. The number of amides is 4. The number of aliphatic carboxylic acids is 1. The smallest absolute Gasteiger partial charge is 0.326 e. The molecule has 0 aliphatic rings. The maximum Gasteiger partial charge on any atom is 0.326 e. The number of primary amides is 1. The molecule has 0 aromatic heterocycles. The first-order valence-corrected chi connectivity index (χ1v) is 11.0. The molecule has 5 atom stereocenters. The van der Waals surface area contributed by atoms with E-state index in [0.717, 1.165) is 0 Å². The average molecular weight is 507 g/mol. The molecule has 0 aromatic carbocycles. The minimum Gasteiger partial charge on any atom is -0.480 e. The summed E-state index contributed by atoms with van der Waals surface area (Å²) in [5.41, 5.74) is 21.2. The van der Waals surface area contributed by atoms with Crippen LogP contribution in [0.2, 0.25) is 0 Å². The molecule has 194 valence electrons. The fraction of sp³-hybridized carbons (Fsp3) is 0.667. The fourth-order valence-corrected chi connectivity index (χ4v) is 2.84. The molecule has 0 bridgehead atoms. The van der Waals surface area contributed by atoms with Crippen molar-refractivity contribution in [3.05, 3.63) is 0 Å². The molecule has 15 nitrogen and oxygen atoms in total. The van der Waals surface area contributed by atoms with Crippen LogP contribution in [-0.4, -0.2) is 88.3 Å². The van der Waals surface area contributed by atoms with Crippen molar-refractivity contribution in [2.24, 2.45) is 27.9 Å². The fourth-order valence-electron chi connectivity index (χ4n) is 2.59. The molecule has 5 unspecified atom stereocenters. The first kappa shape index (κ1) is 30.9. The van der Waals surface area contributed by atoms with Gasteiger partial charge in [-0.3, -0.25) is 24.2 Å². The number of aliphatic hydroxyl groups excluding tert-OH is 1. The summed E-state index contributed by atoms with van der Waals surface area (Å²) in [5.74, 6) is -4.98. The number of nitrogens with zero attached hydrogens (tertiary/aromatic N) is 1. The molecule has 0 fully saturated rings. The van der Waals surface area contributed by atoms with Gasteiger partial charge in [-0.25, -0.2) is 4.79 Å². The van der Waals surface area contributed by atoms with Gasteiger partial charge in [0.2, 0.25) is 23.6 Å². The van der Waals surface area contributed by atoms with E-state index in [0.29, 0.717) is 6.42 Å². The van der Waals surface area contributed by atoms with Gasteiger partial charge in [0.15, 0.2) is 5.96 Å². The number of thiol groups is 1. The quantitative estimate of drug-likeness (QED) is 0.0414. The van der Waals surface area contributed by atoms with Gasteiger partial charge >= 0.3 is 5.97 Å². The Bertz CT molecular complexity index is 761. The molecule has 0 heterocycles. The lowest BCUT2D eigenvalue weighted by Gasteiger charge is -2.26. The lowest BCUT2D eigenvalue weighted by molar-refractivity contribution is -0.143. The Kier molecular flexibility index (Phi) is 14.2. The SMILES string of the molecule is CC(O)C(NC(=O)C(CS)NC(=O)C(N)CCCN=C(N)N)C(=O)NC(CCC(N)=O)C(=O)O. The maximum absolute atomic E-state index is 12.6. The van der Waals surface area contributed by atoms with Gasteiger partial charge in [-0.05, 0) is 26.2 Å². The number of carbonyl (C=O) groups is 5. The number of nitrogens with one attached hydrogen (secondary N) is 3.